The van der Waals surface area contributed by atoms with Gasteiger partial charge < -0.3 is 4.52 Å². The van der Waals surface area contributed by atoms with Crippen LogP contribution in [-0.4, -0.2) is 21.7 Å². The van der Waals surface area contributed by atoms with Crippen molar-refractivity contribution >= 4 is 12.0 Å². The minimum Gasteiger partial charge on any atom is -0.334 e. The number of nitrogens with one attached hydrogen (secondary N) is 1. The molecule has 0 aliphatic carbocycles. The summed E-state index contributed by atoms with van der Waals surface area (Å²) < 4.78 is 5.05. The number of aryl methyl sites for hydroxylation is 1. The van der Waals surface area contributed by atoms with Crippen LogP contribution < -0.4 is 5.48 Å². The molecule has 0 amide bonds. The van der Waals surface area contributed by atoms with Crippen molar-refractivity contribution in [2.45, 2.75) is 6.92 Å². The first kappa shape index (κ1) is 10.3. The first-order valence-electron chi connectivity index (χ1n) is 4.63. The Balaban J connectivity index is 2.44. The number of aromatic nitrogens is 2. The summed E-state index contributed by atoms with van der Waals surface area (Å²) >= 11 is 0. The fourth-order valence-electron chi connectivity index (χ4n) is 1.27. The molecule has 2 rings (SSSR count). The van der Waals surface area contributed by atoms with Crippen molar-refractivity contribution in [2.24, 2.45) is 4.99 Å². The van der Waals surface area contributed by atoms with Crippen molar-refractivity contribution in [1.82, 2.24) is 15.6 Å². The van der Waals surface area contributed by atoms with E-state index in [-0.39, 0.29) is 0 Å². The molecule has 0 fully saturated rings. The summed E-state index contributed by atoms with van der Waals surface area (Å²) in [6, 6.07) is 7.27. The van der Waals surface area contributed by atoms with Gasteiger partial charge in [-0.15, -0.1) is 0 Å². The summed E-state index contributed by atoms with van der Waals surface area (Å²) in [5.41, 5.74) is 3.19. The molecule has 1 aromatic carbocycles. The van der Waals surface area contributed by atoms with E-state index < -0.39 is 0 Å². The van der Waals surface area contributed by atoms with Gasteiger partial charge >= 0.3 is 0 Å². The summed E-state index contributed by atoms with van der Waals surface area (Å²) in [5.74, 6) is 0.970. The molecule has 16 heavy (non-hydrogen) atoms. The zero-order valence-electron chi connectivity index (χ0n) is 8.58. The van der Waals surface area contributed by atoms with Crippen molar-refractivity contribution in [3.63, 3.8) is 0 Å². The van der Waals surface area contributed by atoms with Crippen LogP contribution in [0.25, 0.3) is 11.5 Å². The Morgan fingerprint density at radius 1 is 1.44 bits per heavy atom. The van der Waals surface area contributed by atoms with Gasteiger partial charge in [0.15, 0.2) is 5.82 Å². The van der Waals surface area contributed by atoms with Gasteiger partial charge in [0.05, 0.1) is 11.3 Å². The minimum atomic E-state index is 0.406. The Bertz CT molecular complexity index is 507. The number of hydrogen-bond acceptors (Lipinski definition) is 5. The van der Waals surface area contributed by atoms with Gasteiger partial charge in [0.1, 0.15) is 6.34 Å². The molecule has 2 N–H and O–H groups in total. The standard InChI is InChI=1S/C10H10N4O2/c1-7-13-10(16-14-7)8-4-2-3-5-9(8)11-6-12-15/h2-6,15H,1H3,(H,11,12). The summed E-state index contributed by atoms with van der Waals surface area (Å²) in [6.07, 6.45) is 1.17. The maximum atomic E-state index is 8.44. The van der Waals surface area contributed by atoms with Crippen molar-refractivity contribution < 1.29 is 9.73 Å². The van der Waals surface area contributed by atoms with Gasteiger partial charge in [-0.3, -0.25) is 10.7 Å². The van der Waals surface area contributed by atoms with Crippen LogP contribution in [0.1, 0.15) is 5.82 Å². The van der Waals surface area contributed by atoms with E-state index in [1.165, 1.54) is 6.34 Å². The van der Waals surface area contributed by atoms with Crippen LogP contribution in [0.5, 0.6) is 0 Å². The number of nitrogens with zero attached hydrogens (tertiary/aromatic N) is 3. The molecule has 0 aliphatic rings. The maximum absolute atomic E-state index is 8.44. The molecule has 1 aromatic heterocycles. The molecule has 82 valence electrons. The first-order chi connectivity index (χ1) is 7.81. The second kappa shape index (κ2) is 4.54. The molecule has 6 heteroatoms. The van der Waals surface area contributed by atoms with Crippen LogP contribution in [0.15, 0.2) is 33.8 Å². The molecule has 0 radical (unpaired) electrons. The Morgan fingerprint density at radius 3 is 2.94 bits per heavy atom. The zero-order valence-corrected chi connectivity index (χ0v) is 8.58. The number of benzene rings is 1. The molecule has 0 bridgehead atoms. The van der Waals surface area contributed by atoms with E-state index >= 15 is 0 Å². The summed E-state index contributed by atoms with van der Waals surface area (Å²) in [7, 11) is 0. The van der Waals surface area contributed by atoms with Crippen LogP contribution in [0.4, 0.5) is 5.69 Å². The van der Waals surface area contributed by atoms with Gasteiger partial charge in [-0.2, -0.15) is 4.98 Å². The van der Waals surface area contributed by atoms with Gasteiger partial charge in [0.2, 0.25) is 0 Å². The number of para-hydroxylation sites is 1. The van der Waals surface area contributed by atoms with Crippen LogP contribution in [-0.2, 0) is 0 Å². The third kappa shape index (κ3) is 2.06. The molecule has 2 aromatic rings. The lowest BCUT2D eigenvalue weighted by Gasteiger charge is -1.99. The average Bonchev–Trinajstić information content (AvgIpc) is 2.73. The largest absolute Gasteiger partial charge is 0.334 e. The monoisotopic (exact) mass is 218 g/mol. The lowest BCUT2D eigenvalue weighted by molar-refractivity contribution is 0.240. The van der Waals surface area contributed by atoms with Gasteiger partial charge in [-0.1, -0.05) is 17.3 Å². The highest BCUT2D eigenvalue weighted by Crippen LogP contribution is 2.28. The molecule has 0 unspecified atom stereocenters. The third-order valence-corrected chi connectivity index (χ3v) is 1.92. The molecule has 0 saturated carbocycles. The van der Waals surface area contributed by atoms with E-state index in [1.807, 2.05) is 23.7 Å². The van der Waals surface area contributed by atoms with Crippen LogP contribution in [0.2, 0.25) is 0 Å². The maximum Gasteiger partial charge on any atom is 0.260 e. The van der Waals surface area contributed by atoms with E-state index in [0.29, 0.717) is 17.4 Å². The average molecular weight is 218 g/mol. The smallest absolute Gasteiger partial charge is 0.260 e. The number of hydrogen-bond donors (Lipinski definition) is 2. The highest BCUT2D eigenvalue weighted by Gasteiger charge is 2.09. The predicted octanol–water partition coefficient (Wildman–Crippen LogP) is 1.68. The Kier molecular flexibility index (Phi) is 2.93. The number of rotatable bonds is 3. The number of hydroxylamine groups is 1. The SMILES string of the molecule is Cc1noc(-c2ccccc2N=CNO)n1. The predicted molar refractivity (Wildman–Crippen MR) is 57.5 cm³/mol. The Labute approximate surface area is 91.6 Å². The molecule has 0 saturated heterocycles. The van der Waals surface area contributed by atoms with Crippen molar-refractivity contribution in [3.8, 4) is 11.5 Å². The fraction of sp³-hybridized carbons (Fsp3) is 0.100. The van der Waals surface area contributed by atoms with Gasteiger partial charge in [0.25, 0.3) is 5.89 Å². The van der Waals surface area contributed by atoms with Gasteiger partial charge in [-0.25, -0.2) is 4.99 Å². The van der Waals surface area contributed by atoms with Crippen molar-refractivity contribution in [2.75, 3.05) is 0 Å². The zero-order chi connectivity index (χ0) is 11.4. The second-order valence-electron chi connectivity index (χ2n) is 3.05. The fourth-order valence-corrected chi connectivity index (χ4v) is 1.27. The summed E-state index contributed by atoms with van der Waals surface area (Å²) in [5, 5.41) is 12.2. The van der Waals surface area contributed by atoms with Crippen molar-refractivity contribution in [3.05, 3.63) is 30.1 Å². The second-order valence-corrected chi connectivity index (χ2v) is 3.05. The molecular formula is C10H10N4O2. The molecular weight excluding hydrogens is 208 g/mol. The van der Waals surface area contributed by atoms with E-state index in [9.17, 15) is 0 Å². The Morgan fingerprint density at radius 2 is 2.25 bits per heavy atom. The van der Waals surface area contributed by atoms with Crippen molar-refractivity contribution in [1.29, 1.82) is 0 Å². The first-order valence-corrected chi connectivity index (χ1v) is 4.63. The lowest BCUT2D eigenvalue weighted by Crippen LogP contribution is -2.01. The van der Waals surface area contributed by atoms with E-state index in [1.54, 1.807) is 13.0 Å². The van der Waals surface area contributed by atoms with E-state index in [2.05, 4.69) is 15.1 Å². The van der Waals surface area contributed by atoms with E-state index in [4.69, 9.17) is 9.73 Å². The highest BCUT2D eigenvalue weighted by molar-refractivity contribution is 5.73. The Hall–Kier alpha value is -2.21. The molecule has 1 heterocycles. The van der Waals surface area contributed by atoms with E-state index in [0.717, 1.165) is 5.56 Å². The highest BCUT2D eigenvalue weighted by atomic mass is 16.5. The minimum absolute atomic E-state index is 0.406. The normalized spacial score (nSPS) is 10.9. The third-order valence-electron chi connectivity index (χ3n) is 1.92. The summed E-state index contributed by atoms with van der Waals surface area (Å²) in [6.45, 7) is 1.74. The molecule has 6 nitrogen and oxygen atoms in total. The molecule has 0 atom stereocenters. The lowest BCUT2D eigenvalue weighted by atomic mass is 10.2. The molecule has 0 spiro atoms. The van der Waals surface area contributed by atoms with Gasteiger partial charge in [0, 0.05) is 0 Å². The van der Waals surface area contributed by atoms with Crippen LogP contribution >= 0.6 is 0 Å². The topological polar surface area (TPSA) is 83.5 Å². The molecule has 0 aliphatic heterocycles. The summed E-state index contributed by atoms with van der Waals surface area (Å²) in [4.78, 5) is 8.11. The van der Waals surface area contributed by atoms with Crippen LogP contribution in [0, 0.1) is 6.92 Å². The van der Waals surface area contributed by atoms with Crippen LogP contribution in [0.3, 0.4) is 0 Å². The van der Waals surface area contributed by atoms with Gasteiger partial charge in [-0.05, 0) is 19.1 Å². The quantitative estimate of drug-likeness (QED) is 0.465. The number of aliphatic imine (C=N–C) groups is 1.